The molecule has 2 rings (SSSR count). The number of allylic oxidation sites excluding steroid dienone is 2. The van der Waals surface area contributed by atoms with Gasteiger partial charge in [-0.25, -0.2) is 4.68 Å². The highest BCUT2D eigenvalue weighted by molar-refractivity contribution is 5.24. The third-order valence-corrected chi connectivity index (χ3v) is 2.35. The maximum atomic E-state index is 3.83. The summed E-state index contributed by atoms with van der Waals surface area (Å²) in [5.41, 5.74) is 2.52. The van der Waals surface area contributed by atoms with Crippen LogP contribution >= 0.6 is 0 Å². The molecule has 16 heavy (non-hydrogen) atoms. The summed E-state index contributed by atoms with van der Waals surface area (Å²) in [5, 5.41) is 11.0. The van der Waals surface area contributed by atoms with Crippen molar-refractivity contribution in [2.24, 2.45) is 0 Å². The summed E-state index contributed by atoms with van der Waals surface area (Å²) in [5.74, 6) is 0. The first-order valence-corrected chi connectivity index (χ1v) is 5.28. The lowest BCUT2D eigenvalue weighted by atomic mass is 10.1. The summed E-state index contributed by atoms with van der Waals surface area (Å²) in [6.45, 7) is 2.75. The average molecular weight is 214 g/mol. The highest BCUT2D eigenvalue weighted by Gasteiger charge is 1.96. The molecule has 1 aromatic heterocycles. The van der Waals surface area contributed by atoms with Gasteiger partial charge in [0.15, 0.2) is 0 Å². The second-order valence-corrected chi connectivity index (χ2v) is 3.60. The minimum Gasteiger partial charge on any atom is -0.228 e. The van der Waals surface area contributed by atoms with Gasteiger partial charge in [0.1, 0.15) is 6.33 Å². The topological polar surface area (TPSA) is 43.6 Å². The molecule has 0 aliphatic carbocycles. The molecule has 4 heteroatoms. The average Bonchev–Trinajstić information content (AvgIpc) is 2.81. The van der Waals surface area contributed by atoms with Crippen molar-refractivity contribution in [1.82, 2.24) is 20.2 Å². The molecule has 0 saturated heterocycles. The lowest BCUT2D eigenvalue weighted by Crippen LogP contribution is -2.00. The van der Waals surface area contributed by atoms with E-state index in [9.17, 15) is 0 Å². The van der Waals surface area contributed by atoms with Gasteiger partial charge in [0.05, 0.1) is 6.54 Å². The lowest BCUT2D eigenvalue weighted by molar-refractivity contribution is 0.648. The highest BCUT2D eigenvalue weighted by Crippen LogP contribution is 2.06. The molecule has 0 N–H and O–H groups in total. The number of benzene rings is 1. The second-order valence-electron chi connectivity index (χ2n) is 3.60. The van der Waals surface area contributed by atoms with Crippen molar-refractivity contribution < 1.29 is 0 Å². The Morgan fingerprint density at radius 3 is 2.56 bits per heavy atom. The van der Waals surface area contributed by atoms with Crippen LogP contribution in [0.5, 0.6) is 0 Å². The van der Waals surface area contributed by atoms with Gasteiger partial charge < -0.3 is 0 Å². The fraction of sp³-hybridized carbons (Fsp3) is 0.250. The predicted octanol–water partition coefficient (Wildman–Crippen LogP) is 1.84. The summed E-state index contributed by atoms with van der Waals surface area (Å²) >= 11 is 0. The minimum atomic E-state index is 0.719. The molecule has 0 unspecified atom stereocenters. The van der Waals surface area contributed by atoms with Gasteiger partial charge in [0.25, 0.3) is 0 Å². The SMILES string of the molecule is C/C=C/Cc1ccc(Cn2cnnn2)cc1. The second kappa shape index (κ2) is 5.21. The Bertz CT molecular complexity index is 442. The number of hydrogen-bond donors (Lipinski definition) is 0. The maximum Gasteiger partial charge on any atom is 0.138 e. The molecule has 1 heterocycles. The molecule has 0 fully saturated rings. The standard InChI is InChI=1S/C12H14N4/c1-2-3-4-11-5-7-12(8-6-11)9-16-10-13-14-15-16/h2-3,5-8,10H,4,9H2,1H3/b3-2+. The zero-order chi connectivity index (χ0) is 11.2. The number of rotatable bonds is 4. The summed E-state index contributed by atoms with van der Waals surface area (Å²) in [4.78, 5) is 0. The summed E-state index contributed by atoms with van der Waals surface area (Å²) in [7, 11) is 0. The summed E-state index contributed by atoms with van der Waals surface area (Å²) < 4.78 is 1.71. The fourth-order valence-corrected chi connectivity index (χ4v) is 1.47. The Morgan fingerprint density at radius 2 is 1.94 bits per heavy atom. The van der Waals surface area contributed by atoms with E-state index in [1.807, 2.05) is 6.92 Å². The molecule has 0 atom stereocenters. The minimum absolute atomic E-state index is 0.719. The van der Waals surface area contributed by atoms with Gasteiger partial charge in [-0.1, -0.05) is 36.4 Å². The molecule has 1 aromatic carbocycles. The van der Waals surface area contributed by atoms with Crippen LogP contribution in [0, 0.1) is 0 Å². The number of tetrazole rings is 1. The van der Waals surface area contributed by atoms with Crippen molar-refractivity contribution in [3.05, 3.63) is 53.9 Å². The van der Waals surface area contributed by atoms with Crippen molar-refractivity contribution in [1.29, 1.82) is 0 Å². The van der Waals surface area contributed by atoms with Crippen LogP contribution in [0.15, 0.2) is 42.7 Å². The monoisotopic (exact) mass is 214 g/mol. The van der Waals surface area contributed by atoms with Gasteiger partial charge in [-0.3, -0.25) is 0 Å². The van der Waals surface area contributed by atoms with Crippen LogP contribution in [-0.2, 0) is 13.0 Å². The van der Waals surface area contributed by atoms with Gasteiger partial charge in [0.2, 0.25) is 0 Å². The molecule has 0 spiro atoms. The quantitative estimate of drug-likeness (QED) is 0.729. The van der Waals surface area contributed by atoms with Crippen molar-refractivity contribution in [2.75, 3.05) is 0 Å². The van der Waals surface area contributed by atoms with Crippen LogP contribution in [0.3, 0.4) is 0 Å². The van der Waals surface area contributed by atoms with E-state index in [1.165, 1.54) is 11.1 Å². The molecule has 0 saturated carbocycles. The molecule has 82 valence electrons. The molecule has 0 radical (unpaired) electrons. The van der Waals surface area contributed by atoms with Crippen LogP contribution in [0.4, 0.5) is 0 Å². The van der Waals surface area contributed by atoms with E-state index in [-0.39, 0.29) is 0 Å². The van der Waals surface area contributed by atoms with E-state index >= 15 is 0 Å². The van der Waals surface area contributed by atoms with Crippen LogP contribution in [0.25, 0.3) is 0 Å². The largest absolute Gasteiger partial charge is 0.228 e. The Balaban J connectivity index is 2.02. The molecular weight excluding hydrogens is 200 g/mol. The fourth-order valence-electron chi connectivity index (χ4n) is 1.47. The van der Waals surface area contributed by atoms with E-state index in [0.717, 1.165) is 13.0 Å². The Labute approximate surface area is 94.6 Å². The van der Waals surface area contributed by atoms with Crippen LogP contribution in [-0.4, -0.2) is 20.2 Å². The van der Waals surface area contributed by atoms with E-state index in [1.54, 1.807) is 11.0 Å². The predicted molar refractivity (Wildman–Crippen MR) is 61.9 cm³/mol. The maximum absolute atomic E-state index is 3.83. The molecule has 0 aliphatic heterocycles. The van der Waals surface area contributed by atoms with E-state index in [4.69, 9.17) is 0 Å². The van der Waals surface area contributed by atoms with Crippen LogP contribution in [0.2, 0.25) is 0 Å². The Morgan fingerprint density at radius 1 is 1.19 bits per heavy atom. The van der Waals surface area contributed by atoms with Crippen molar-refractivity contribution in [3.8, 4) is 0 Å². The van der Waals surface area contributed by atoms with E-state index in [2.05, 4.69) is 51.9 Å². The van der Waals surface area contributed by atoms with Crippen LogP contribution in [0.1, 0.15) is 18.1 Å². The first-order chi connectivity index (χ1) is 7.88. The van der Waals surface area contributed by atoms with Crippen molar-refractivity contribution >= 4 is 0 Å². The molecule has 0 aliphatic rings. The smallest absolute Gasteiger partial charge is 0.138 e. The third-order valence-electron chi connectivity index (χ3n) is 2.35. The molecule has 4 nitrogen and oxygen atoms in total. The molecule has 0 bridgehead atoms. The van der Waals surface area contributed by atoms with Crippen molar-refractivity contribution in [2.45, 2.75) is 19.9 Å². The third kappa shape index (κ3) is 2.76. The lowest BCUT2D eigenvalue weighted by Gasteiger charge is -2.01. The number of aromatic nitrogens is 4. The first kappa shape index (κ1) is 10.5. The van der Waals surface area contributed by atoms with E-state index in [0.29, 0.717) is 0 Å². The van der Waals surface area contributed by atoms with Gasteiger partial charge in [-0.15, -0.1) is 5.10 Å². The van der Waals surface area contributed by atoms with E-state index < -0.39 is 0 Å². The van der Waals surface area contributed by atoms with Gasteiger partial charge in [-0.05, 0) is 34.9 Å². The Hall–Kier alpha value is -1.97. The zero-order valence-electron chi connectivity index (χ0n) is 9.24. The highest BCUT2D eigenvalue weighted by atomic mass is 15.5. The van der Waals surface area contributed by atoms with Gasteiger partial charge in [-0.2, -0.15) is 0 Å². The zero-order valence-corrected chi connectivity index (χ0v) is 9.24. The van der Waals surface area contributed by atoms with Gasteiger partial charge >= 0.3 is 0 Å². The van der Waals surface area contributed by atoms with Crippen LogP contribution < -0.4 is 0 Å². The first-order valence-electron chi connectivity index (χ1n) is 5.28. The van der Waals surface area contributed by atoms with Crippen molar-refractivity contribution in [3.63, 3.8) is 0 Å². The molecule has 2 aromatic rings. The molecular formula is C12H14N4. The summed E-state index contributed by atoms with van der Waals surface area (Å²) in [6, 6.07) is 8.50. The molecule has 0 amide bonds. The number of nitrogens with zero attached hydrogens (tertiary/aromatic N) is 4. The number of hydrogen-bond acceptors (Lipinski definition) is 3. The normalized spacial score (nSPS) is 11.1. The Kier molecular flexibility index (Phi) is 3.43. The van der Waals surface area contributed by atoms with Gasteiger partial charge in [0, 0.05) is 0 Å². The summed E-state index contributed by atoms with van der Waals surface area (Å²) in [6.07, 6.45) is 6.82.